The minimum absolute atomic E-state index is 0.338. The van der Waals surface area contributed by atoms with Crippen molar-refractivity contribution in [2.45, 2.75) is 11.3 Å². The molecule has 0 saturated carbocycles. The van der Waals surface area contributed by atoms with E-state index in [2.05, 4.69) is 21.2 Å². The Morgan fingerprint density at radius 3 is 2.89 bits per heavy atom. The highest BCUT2D eigenvalue weighted by Gasteiger charge is 2.25. The summed E-state index contributed by atoms with van der Waals surface area (Å²) in [6.45, 7) is 2.45. The van der Waals surface area contributed by atoms with Gasteiger partial charge < -0.3 is 5.32 Å². The molecule has 1 unspecified atom stereocenters. The Morgan fingerprint density at radius 2 is 2.28 bits per heavy atom. The van der Waals surface area contributed by atoms with Gasteiger partial charge in [-0.2, -0.15) is 0 Å². The topological polar surface area (TPSA) is 49.4 Å². The van der Waals surface area contributed by atoms with Crippen LogP contribution in [-0.2, 0) is 10.0 Å². The molecule has 100 valence electrons. The second-order valence-electron chi connectivity index (χ2n) is 4.60. The summed E-state index contributed by atoms with van der Waals surface area (Å²) in [6.07, 6.45) is 1.04. The van der Waals surface area contributed by atoms with Gasteiger partial charge in [-0.25, -0.2) is 12.7 Å². The Morgan fingerprint density at radius 1 is 1.50 bits per heavy atom. The van der Waals surface area contributed by atoms with Gasteiger partial charge in [0.05, 0.1) is 4.90 Å². The van der Waals surface area contributed by atoms with Crippen LogP contribution in [0.1, 0.15) is 6.42 Å². The zero-order valence-electron chi connectivity index (χ0n) is 10.3. The summed E-state index contributed by atoms with van der Waals surface area (Å²) < 4.78 is 26.9. The van der Waals surface area contributed by atoms with Crippen molar-refractivity contribution in [2.24, 2.45) is 5.92 Å². The average molecular weight is 333 g/mol. The summed E-state index contributed by atoms with van der Waals surface area (Å²) in [5.74, 6) is 0.414. The molecule has 1 aliphatic heterocycles. The van der Waals surface area contributed by atoms with E-state index in [1.807, 2.05) is 6.07 Å². The van der Waals surface area contributed by atoms with E-state index >= 15 is 0 Å². The van der Waals surface area contributed by atoms with Gasteiger partial charge >= 0.3 is 0 Å². The molecule has 2 rings (SSSR count). The van der Waals surface area contributed by atoms with Gasteiger partial charge in [-0.15, -0.1) is 0 Å². The molecule has 4 nitrogen and oxygen atoms in total. The second-order valence-corrected chi connectivity index (χ2v) is 7.56. The number of hydrogen-bond acceptors (Lipinski definition) is 3. The van der Waals surface area contributed by atoms with Crippen LogP contribution < -0.4 is 5.32 Å². The second kappa shape index (κ2) is 5.69. The highest BCUT2D eigenvalue weighted by molar-refractivity contribution is 9.10. The van der Waals surface area contributed by atoms with Crippen molar-refractivity contribution in [1.29, 1.82) is 0 Å². The lowest BCUT2D eigenvalue weighted by molar-refractivity contribution is 0.399. The fraction of sp³-hybridized carbons (Fsp3) is 0.500. The first-order valence-electron chi connectivity index (χ1n) is 5.93. The summed E-state index contributed by atoms with van der Waals surface area (Å²) in [4.78, 5) is 0.338. The van der Waals surface area contributed by atoms with Crippen LogP contribution in [0.2, 0.25) is 0 Å². The number of halogens is 1. The quantitative estimate of drug-likeness (QED) is 0.912. The summed E-state index contributed by atoms with van der Waals surface area (Å²) >= 11 is 3.30. The third-order valence-corrected chi connectivity index (χ3v) is 5.49. The Kier molecular flexibility index (Phi) is 4.42. The third kappa shape index (κ3) is 3.12. The molecular weight excluding hydrogens is 316 g/mol. The molecule has 0 aliphatic carbocycles. The molecule has 1 N–H and O–H groups in total. The zero-order valence-corrected chi connectivity index (χ0v) is 12.7. The van der Waals surface area contributed by atoms with Gasteiger partial charge in [-0.3, -0.25) is 0 Å². The fourth-order valence-electron chi connectivity index (χ4n) is 2.14. The molecule has 1 atom stereocenters. The van der Waals surface area contributed by atoms with Crippen molar-refractivity contribution in [2.75, 3.05) is 26.7 Å². The Hall–Kier alpha value is -0.430. The standard InChI is InChI=1S/C12H17BrN2O2S/c1-15(9-10-5-6-14-8-10)18(16,17)12-4-2-3-11(13)7-12/h2-4,7,10,14H,5-6,8-9H2,1H3. The Bertz CT molecular complexity index is 513. The van der Waals surface area contributed by atoms with Gasteiger partial charge in [-0.05, 0) is 43.6 Å². The normalized spacial score (nSPS) is 20.5. The fourth-order valence-corrected chi connectivity index (χ4v) is 3.98. The maximum absolute atomic E-state index is 12.4. The zero-order chi connectivity index (χ0) is 13.2. The third-order valence-electron chi connectivity index (χ3n) is 3.18. The number of rotatable bonds is 4. The monoisotopic (exact) mass is 332 g/mol. The lowest BCUT2D eigenvalue weighted by Gasteiger charge is -2.20. The molecule has 0 spiro atoms. The van der Waals surface area contributed by atoms with Crippen molar-refractivity contribution in [3.8, 4) is 0 Å². The van der Waals surface area contributed by atoms with Gasteiger partial charge in [0.15, 0.2) is 0 Å². The lowest BCUT2D eigenvalue weighted by atomic mass is 10.1. The van der Waals surface area contributed by atoms with Crippen molar-refractivity contribution >= 4 is 26.0 Å². The van der Waals surface area contributed by atoms with Crippen molar-refractivity contribution < 1.29 is 8.42 Å². The predicted octanol–water partition coefficient (Wildman–Crippen LogP) is 1.68. The number of benzene rings is 1. The Balaban J connectivity index is 2.14. The number of sulfonamides is 1. The highest BCUT2D eigenvalue weighted by atomic mass is 79.9. The van der Waals surface area contributed by atoms with E-state index < -0.39 is 10.0 Å². The van der Waals surface area contributed by atoms with Crippen LogP contribution in [0.3, 0.4) is 0 Å². The van der Waals surface area contributed by atoms with Crippen LogP contribution >= 0.6 is 15.9 Å². The number of nitrogens with zero attached hydrogens (tertiary/aromatic N) is 1. The van der Waals surface area contributed by atoms with Gasteiger partial charge in [-0.1, -0.05) is 22.0 Å². The maximum Gasteiger partial charge on any atom is 0.242 e. The van der Waals surface area contributed by atoms with Crippen molar-refractivity contribution in [3.63, 3.8) is 0 Å². The van der Waals surface area contributed by atoms with Crippen molar-refractivity contribution in [1.82, 2.24) is 9.62 Å². The first-order valence-corrected chi connectivity index (χ1v) is 8.16. The molecule has 1 aliphatic rings. The van der Waals surface area contributed by atoms with E-state index in [4.69, 9.17) is 0 Å². The van der Waals surface area contributed by atoms with Gasteiger partial charge in [0, 0.05) is 18.1 Å². The molecule has 1 saturated heterocycles. The van der Waals surface area contributed by atoms with Crippen LogP contribution in [0, 0.1) is 5.92 Å². The van der Waals surface area contributed by atoms with E-state index in [1.54, 1.807) is 25.2 Å². The van der Waals surface area contributed by atoms with Gasteiger partial charge in [0.25, 0.3) is 0 Å². The van der Waals surface area contributed by atoms with Crippen LogP contribution in [0.5, 0.6) is 0 Å². The summed E-state index contributed by atoms with van der Waals surface area (Å²) in [5, 5.41) is 3.25. The van der Waals surface area contributed by atoms with Gasteiger partial charge in [0.2, 0.25) is 10.0 Å². The first kappa shape index (κ1) is 14.0. The van der Waals surface area contributed by atoms with E-state index in [0.717, 1.165) is 24.0 Å². The van der Waals surface area contributed by atoms with Crippen molar-refractivity contribution in [3.05, 3.63) is 28.7 Å². The maximum atomic E-state index is 12.4. The molecule has 0 bridgehead atoms. The minimum Gasteiger partial charge on any atom is -0.316 e. The molecule has 0 amide bonds. The Labute approximate surface area is 117 Å². The molecule has 1 aromatic carbocycles. The summed E-state index contributed by atoms with van der Waals surface area (Å²) in [7, 11) is -1.73. The predicted molar refractivity (Wildman–Crippen MR) is 74.9 cm³/mol. The molecule has 0 radical (unpaired) electrons. The molecule has 6 heteroatoms. The average Bonchev–Trinajstić information content (AvgIpc) is 2.81. The molecule has 1 fully saturated rings. The van der Waals surface area contributed by atoms with Gasteiger partial charge in [0.1, 0.15) is 0 Å². The van der Waals surface area contributed by atoms with Crippen LogP contribution in [0.15, 0.2) is 33.6 Å². The minimum atomic E-state index is -3.37. The SMILES string of the molecule is CN(CC1CCNC1)S(=O)(=O)c1cccc(Br)c1. The van der Waals surface area contributed by atoms with E-state index in [0.29, 0.717) is 17.4 Å². The summed E-state index contributed by atoms with van der Waals surface area (Å²) in [6, 6.07) is 6.82. The van der Waals surface area contributed by atoms with E-state index in [-0.39, 0.29) is 0 Å². The number of nitrogens with one attached hydrogen (secondary N) is 1. The molecule has 1 heterocycles. The lowest BCUT2D eigenvalue weighted by Crippen LogP contribution is -2.32. The highest BCUT2D eigenvalue weighted by Crippen LogP contribution is 2.20. The van der Waals surface area contributed by atoms with E-state index in [9.17, 15) is 8.42 Å². The molecule has 18 heavy (non-hydrogen) atoms. The number of hydrogen-bond donors (Lipinski definition) is 1. The van der Waals surface area contributed by atoms with E-state index in [1.165, 1.54) is 4.31 Å². The van der Waals surface area contributed by atoms with Crippen LogP contribution in [-0.4, -0.2) is 39.4 Å². The molecular formula is C12H17BrN2O2S. The molecule has 1 aromatic rings. The molecule has 0 aromatic heterocycles. The first-order chi connectivity index (χ1) is 8.50. The summed E-state index contributed by atoms with van der Waals surface area (Å²) in [5.41, 5.74) is 0. The largest absolute Gasteiger partial charge is 0.316 e. The smallest absolute Gasteiger partial charge is 0.242 e. The van der Waals surface area contributed by atoms with Crippen LogP contribution in [0.25, 0.3) is 0 Å². The van der Waals surface area contributed by atoms with Crippen LogP contribution in [0.4, 0.5) is 0 Å².